The first-order chi connectivity index (χ1) is 12.8. The molecule has 0 fully saturated rings. The van der Waals surface area contributed by atoms with Crippen molar-refractivity contribution in [1.29, 1.82) is 0 Å². The standard InChI is InChI=1S/C16H12BrN3O6S/c1-10-15(17)16(26-18-10)19-27(23,24)14-9-11(20(21)22)7-8-13(14)25-12-5-3-2-4-6-12/h2-9,19H,1H3. The minimum absolute atomic E-state index is 0.0772. The molecule has 11 heteroatoms. The number of benzene rings is 2. The van der Waals surface area contributed by atoms with E-state index in [-0.39, 0.29) is 11.6 Å². The van der Waals surface area contributed by atoms with Gasteiger partial charge in [0.1, 0.15) is 20.9 Å². The predicted octanol–water partition coefficient (Wildman–Crippen LogP) is 4.25. The van der Waals surface area contributed by atoms with Crippen LogP contribution >= 0.6 is 15.9 Å². The van der Waals surface area contributed by atoms with E-state index in [2.05, 4.69) is 25.8 Å². The lowest BCUT2D eigenvalue weighted by atomic mass is 10.3. The molecule has 1 aromatic heterocycles. The average Bonchev–Trinajstić information content (AvgIpc) is 2.94. The molecule has 27 heavy (non-hydrogen) atoms. The maximum Gasteiger partial charge on any atom is 0.271 e. The van der Waals surface area contributed by atoms with Gasteiger partial charge in [-0.05, 0) is 41.1 Å². The summed E-state index contributed by atoms with van der Waals surface area (Å²) in [4.78, 5) is 9.97. The molecule has 3 rings (SSSR count). The molecule has 0 amide bonds. The second-order valence-electron chi connectivity index (χ2n) is 5.32. The molecule has 1 N–H and O–H groups in total. The number of nitro groups is 1. The first-order valence-corrected chi connectivity index (χ1v) is 9.71. The van der Waals surface area contributed by atoms with Crippen LogP contribution in [-0.2, 0) is 10.0 Å². The van der Waals surface area contributed by atoms with Crippen molar-refractivity contribution in [2.45, 2.75) is 11.8 Å². The second-order valence-corrected chi connectivity index (χ2v) is 7.76. The number of ether oxygens (including phenoxy) is 1. The normalized spacial score (nSPS) is 11.2. The zero-order chi connectivity index (χ0) is 19.6. The zero-order valence-electron chi connectivity index (χ0n) is 13.7. The van der Waals surface area contributed by atoms with Crippen LogP contribution in [0, 0.1) is 17.0 Å². The van der Waals surface area contributed by atoms with E-state index in [0.717, 1.165) is 12.1 Å². The van der Waals surface area contributed by atoms with E-state index in [9.17, 15) is 18.5 Å². The van der Waals surface area contributed by atoms with E-state index < -0.39 is 25.5 Å². The van der Waals surface area contributed by atoms with E-state index in [1.807, 2.05) is 0 Å². The molecule has 0 saturated heterocycles. The summed E-state index contributed by atoms with van der Waals surface area (Å²) in [5.74, 6) is 0.149. The molecular weight excluding hydrogens is 442 g/mol. The molecule has 140 valence electrons. The van der Waals surface area contributed by atoms with Gasteiger partial charge in [0.15, 0.2) is 0 Å². The highest BCUT2D eigenvalue weighted by Crippen LogP contribution is 2.34. The average molecular weight is 454 g/mol. The first kappa shape index (κ1) is 18.9. The van der Waals surface area contributed by atoms with Crippen molar-refractivity contribution in [2.75, 3.05) is 4.72 Å². The molecular formula is C16H12BrN3O6S. The molecule has 0 aliphatic heterocycles. The van der Waals surface area contributed by atoms with E-state index in [4.69, 9.17) is 9.26 Å². The van der Waals surface area contributed by atoms with Crippen LogP contribution in [0.2, 0.25) is 0 Å². The van der Waals surface area contributed by atoms with Gasteiger partial charge in [-0.1, -0.05) is 23.4 Å². The van der Waals surface area contributed by atoms with Gasteiger partial charge in [-0.2, -0.15) is 0 Å². The molecule has 0 radical (unpaired) electrons. The predicted molar refractivity (Wildman–Crippen MR) is 99.4 cm³/mol. The van der Waals surface area contributed by atoms with Gasteiger partial charge < -0.3 is 9.26 Å². The Kier molecular flexibility index (Phi) is 5.15. The molecule has 2 aromatic carbocycles. The number of nitro benzene ring substituents is 1. The van der Waals surface area contributed by atoms with Crippen molar-refractivity contribution in [2.24, 2.45) is 0 Å². The van der Waals surface area contributed by atoms with E-state index in [1.165, 1.54) is 6.07 Å². The second kappa shape index (κ2) is 7.37. The molecule has 0 bridgehead atoms. The number of nitrogens with one attached hydrogen (secondary N) is 1. The minimum Gasteiger partial charge on any atom is -0.456 e. The van der Waals surface area contributed by atoms with Crippen molar-refractivity contribution in [3.8, 4) is 11.5 Å². The van der Waals surface area contributed by atoms with Gasteiger partial charge in [-0.3, -0.25) is 10.1 Å². The number of anilines is 1. The van der Waals surface area contributed by atoms with Crippen molar-refractivity contribution in [3.63, 3.8) is 0 Å². The molecule has 0 unspecified atom stereocenters. The third-order valence-electron chi connectivity index (χ3n) is 3.42. The van der Waals surface area contributed by atoms with Crippen molar-refractivity contribution in [3.05, 3.63) is 68.8 Å². The fourth-order valence-electron chi connectivity index (χ4n) is 2.12. The maximum absolute atomic E-state index is 12.8. The van der Waals surface area contributed by atoms with Gasteiger partial charge >= 0.3 is 0 Å². The Morgan fingerprint density at radius 1 is 1.22 bits per heavy atom. The van der Waals surface area contributed by atoms with Gasteiger partial charge in [0.25, 0.3) is 21.6 Å². The van der Waals surface area contributed by atoms with Gasteiger partial charge in [-0.15, -0.1) is 0 Å². The highest BCUT2D eigenvalue weighted by Gasteiger charge is 2.26. The van der Waals surface area contributed by atoms with Gasteiger partial charge in [0, 0.05) is 12.1 Å². The van der Waals surface area contributed by atoms with Gasteiger partial charge in [0.2, 0.25) is 0 Å². The topological polar surface area (TPSA) is 125 Å². The monoisotopic (exact) mass is 453 g/mol. The summed E-state index contributed by atoms with van der Waals surface area (Å²) in [7, 11) is -4.27. The molecule has 0 aliphatic carbocycles. The lowest BCUT2D eigenvalue weighted by molar-refractivity contribution is -0.385. The van der Waals surface area contributed by atoms with Crippen LogP contribution in [0.25, 0.3) is 0 Å². The highest BCUT2D eigenvalue weighted by molar-refractivity contribution is 9.10. The Hall–Kier alpha value is -2.92. The molecule has 0 spiro atoms. The van der Waals surface area contributed by atoms with Crippen LogP contribution in [0.1, 0.15) is 5.69 Å². The number of non-ortho nitro benzene ring substituents is 1. The quantitative estimate of drug-likeness (QED) is 0.436. The third-order valence-corrected chi connectivity index (χ3v) is 5.70. The lowest BCUT2D eigenvalue weighted by Crippen LogP contribution is -2.14. The SMILES string of the molecule is Cc1noc(NS(=O)(=O)c2cc([N+](=O)[O-])ccc2Oc2ccccc2)c1Br. The Balaban J connectivity index is 2.06. The molecule has 1 heterocycles. The largest absolute Gasteiger partial charge is 0.456 e. The van der Waals surface area contributed by atoms with E-state index >= 15 is 0 Å². The Morgan fingerprint density at radius 3 is 2.52 bits per heavy atom. The summed E-state index contributed by atoms with van der Waals surface area (Å²) in [6.45, 7) is 1.61. The number of aromatic nitrogens is 1. The third kappa shape index (κ3) is 4.09. The van der Waals surface area contributed by atoms with Crippen molar-refractivity contribution in [1.82, 2.24) is 5.16 Å². The van der Waals surface area contributed by atoms with Gasteiger partial charge in [0.05, 0.1) is 10.6 Å². The fourth-order valence-corrected chi connectivity index (χ4v) is 3.64. The molecule has 3 aromatic rings. The number of nitrogens with zero attached hydrogens (tertiary/aromatic N) is 2. The summed E-state index contributed by atoms with van der Waals surface area (Å²) < 4.78 is 38.7. The molecule has 0 saturated carbocycles. The van der Waals surface area contributed by atoms with Crippen LogP contribution in [0.5, 0.6) is 11.5 Å². The Labute approximate surface area is 162 Å². The maximum atomic E-state index is 12.8. The highest BCUT2D eigenvalue weighted by atomic mass is 79.9. The zero-order valence-corrected chi connectivity index (χ0v) is 16.2. The molecule has 0 aliphatic rings. The first-order valence-electron chi connectivity index (χ1n) is 7.44. The number of rotatable bonds is 6. The van der Waals surface area contributed by atoms with Crippen LogP contribution in [0.3, 0.4) is 0 Å². The summed E-state index contributed by atoms with van der Waals surface area (Å²) in [6.07, 6.45) is 0. The number of para-hydroxylation sites is 1. The van der Waals surface area contributed by atoms with E-state index in [0.29, 0.717) is 15.9 Å². The number of hydrogen-bond acceptors (Lipinski definition) is 7. The minimum atomic E-state index is -4.27. The van der Waals surface area contributed by atoms with Crippen LogP contribution in [-0.4, -0.2) is 18.5 Å². The van der Waals surface area contributed by atoms with Crippen LogP contribution in [0.15, 0.2) is 62.4 Å². The number of hydrogen-bond donors (Lipinski definition) is 1. The van der Waals surface area contributed by atoms with Gasteiger partial charge in [-0.25, -0.2) is 13.1 Å². The Morgan fingerprint density at radius 2 is 1.93 bits per heavy atom. The van der Waals surface area contributed by atoms with Crippen LogP contribution in [0.4, 0.5) is 11.6 Å². The Bertz CT molecular complexity index is 1100. The van der Waals surface area contributed by atoms with Crippen molar-refractivity contribution >= 4 is 37.5 Å². The number of sulfonamides is 1. The summed E-state index contributed by atoms with van der Waals surface area (Å²) in [5.41, 5.74) is 0.0381. The summed E-state index contributed by atoms with van der Waals surface area (Å²) in [6, 6.07) is 11.7. The fraction of sp³-hybridized carbons (Fsp3) is 0.0625. The smallest absolute Gasteiger partial charge is 0.271 e. The molecule has 9 nitrogen and oxygen atoms in total. The summed E-state index contributed by atoms with van der Waals surface area (Å²) in [5, 5.41) is 14.7. The van der Waals surface area contributed by atoms with Crippen LogP contribution < -0.4 is 9.46 Å². The lowest BCUT2D eigenvalue weighted by Gasteiger charge is -2.12. The van der Waals surface area contributed by atoms with Crippen molar-refractivity contribution < 1.29 is 22.6 Å². The molecule has 0 atom stereocenters. The van der Waals surface area contributed by atoms with E-state index in [1.54, 1.807) is 37.3 Å². The number of aryl methyl sites for hydroxylation is 1. The number of halogens is 1. The summed E-state index contributed by atoms with van der Waals surface area (Å²) >= 11 is 3.16.